The van der Waals surface area contributed by atoms with E-state index in [1.54, 1.807) is 35.7 Å². The van der Waals surface area contributed by atoms with E-state index in [1.165, 1.54) is 0 Å². The van der Waals surface area contributed by atoms with Gasteiger partial charge in [0.15, 0.2) is 0 Å². The third kappa shape index (κ3) is 6.71. The molecule has 11 heteroatoms. The van der Waals surface area contributed by atoms with Crippen LogP contribution < -0.4 is 9.64 Å². The Bertz CT molecular complexity index is 1080. The van der Waals surface area contributed by atoms with Gasteiger partial charge in [-0.1, -0.05) is 30.3 Å². The average Bonchev–Trinajstić information content (AvgIpc) is 2.89. The Hall–Kier alpha value is -3.15. The number of anilines is 1. The predicted octanol–water partition coefficient (Wildman–Crippen LogP) is 1.83. The highest BCUT2D eigenvalue weighted by Crippen LogP contribution is 2.30. The second kappa shape index (κ2) is 12.0. The minimum absolute atomic E-state index is 0.392. The minimum Gasteiger partial charge on any atom is -0.495 e. The SMILES string of the molecule is COc1ccccc1N1CCN(C2CCN(S(=O)(=O)c3ccccc3)CC2)CC1.O=C(O)C(=O)O. The summed E-state index contributed by atoms with van der Waals surface area (Å²) < 4.78 is 32.8. The molecule has 2 aromatic rings. The van der Waals surface area contributed by atoms with Gasteiger partial charge in [-0.25, -0.2) is 18.0 Å². The van der Waals surface area contributed by atoms with Crippen LogP contribution in [0.1, 0.15) is 12.8 Å². The molecule has 2 aliphatic heterocycles. The zero-order valence-electron chi connectivity index (χ0n) is 19.6. The Morgan fingerprint density at radius 1 is 0.829 bits per heavy atom. The van der Waals surface area contributed by atoms with E-state index in [0.29, 0.717) is 24.0 Å². The van der Waals surface area contributed by atoms with Gasteiger partial charge in [-0.2, -0.15) is 4.31 Å². The molecule has 2 fully saturated rings. The van der Waals surface area contributed by atoms with E-state index in [-0.39, 0.29) is 0 Å². The number of piperazine rings is 1. The molecule has 0 unspecified atom stereocenters. The number of aliphatic carboxylic acids is 2. The first kappa shape index (κ1) is 26.5. The zero-order valence-corrected chi connectivity index (χ0v) is 20.4. The number of nitrogens with zero attached hydrogens (tertiary/aromatic N) is 3. The lowest BCUT2D eigenvalue weighted by Gasteiger charge is -2.43. The van der Waals surface area contributed by atoms with Crippen molar-refractivity contribution in [1.82, 2.24) is 9.21 Å². The fraction of sp³-hybridized carbons (Fsp3) is 0.417. The number of ether oxygens (including phenoxy) is 1. The van der Waals surface area contributed by atoms with Crippen LogP contribution in [0.15, 0.2) is 59.5 Å². The summed E-state index contributed by atoms with van der Waals surface area (Å²) in [5.41, 5.74) is 1.15. The van der Waals surface area contributed by atoms with Crippen LogP contribution in [-0.4, -0.2) is 92.2 Å². The summed E-state index contributed by atoms with van der Waals surface area (Å²) in [4.78, 5) is 23.5. The highest BCUT2D eigenvalue weighted by atomic mass is 32.2. The van der Waals surface area contributed by atoms with Crippen LogP contribution in [0.5, 0.6) is 5.75 Å². The van der Waals surface area contributed by atoms with Gasteiger partial charge >= 0.3 is 11.9 Å². The third-order valence-electron chi connectivity index (χ3n) is 6.24. The van der Waals surface area contributed by atoms with Gasteiger partial charge in [-0.3, -0.25) is 4.90 Å². The van der Waals surface area contributed by atoms with Gasteiger partial charge in [0.25, 0.3) is 0 Å². The zero-order chi connectivity index (χ0) is 25.4. The largest absolute Gasteiger partial charge is 0.495 e. The molecule has 10 nitrogen and oxygen atoms in total. The molecule has 190 valence electrons. The van der Waals surface area contributed by atoms with Crippen molar-refractivity contribution >= 4 is 27.6 Å². The van der Waals surface area contributed by atoms with E-state index in [0.717, 1.165) is 50.5 Å². The number of para-hydroxylation sites is 2. The van der Waals surface area contributed by atoms with Crippen molar-refractivity contribution in [1.29, 1.82) is 0 Å². The number of sulfonamides is 1. The average molecular weight is 506 g/mol. The van der Waals surface area contributed by atoms with Gasteiger partial charge in [0.05, 0.1) is 17.7 Å². The Balaban J connectivity index is 0.000000509. The second-order valence-corrected chi connectivity index (χ2v) is 10.2. The maximum Gasteiger partial charge on any atom is 0.414 e. The maximum atomic E-state index is 12.8. The van der Waals surface area contributed by atoms with Gasteiger partial charge in [-0.05, 0) is 37.1 Å². The molecular formula is C24H31N3O7S. The Kier molecular flexibility index (Phi) is 9.07. The van der Waals surface area contributed by atoms with E-state index in [1.807, 2.05) is 24.3 Å². The molecule has 2 aliphatic rings. The van der Waals surface area contributed by atoms with Crippen LogP contribution in [0, 0.1) is 0 Å². The first-order chi connectivity index (χ1) is 16.7. The molecule has 0 amide bonds. The molecule has 2 saturated heterocycles. The van der Waals surface area contributed by atoms with E-state index in [2.05, 4.69) is 15.9 Å². The number of hydrogen-bond donors (Lipinski definition) is 2. The summed E-state index contributed by atoms with van der Waals surface area (Å²) in [7, 11) is -1.66. The number of hydrogen-bond acceptors (Lipinski definition) is 7. The lowest BCUT2D eigenvalue weighted by Crippen LogP contribution is -2.53. The second-order valence-electron chi connectivity index (χ2n) is 8.25. The quantitative estimate of drug-likeness (QED) is 0.585. The molecule has 0 saturated carbocycles. The molecule has 0 aliphatic carbocycles. The summed E-state index contributed by atoms with van der Waals surface area (Å²) >= 11 is 0. The smallest absolute Gasteiger partial charge is 0.414 e. The Labute approximate surface area is 205 Å². The fourth-order valence-electron chi connectivity index (χ4n) is 4.41. The highest BCUT2D eigenvalue weighted by Gasteiger charge is 2.33. The minimum atomic E-state index is -3.38. The van der Waals surface area contributed by atoms with Crippen molar-refractivity contribution in [3.05, 3.63) is 54.6 Å². The van der Waals surface area contributed by atoms with Crippen molar-refractivity contribution in [2.24, 2.45) is 0 Å². The number of piperidine rings is 1. The molecule has 35 heavy (non-hydrogen) atoms. The van der Waals surface area contributed by atoms with E-state index in [9.17, 15) is 8.42 Å². The lowest BCUT2D eigenvalue weighted by atomic mass is 10.0. The topological polar surface area (TPSA) is 128 Å². The summed E-state index contributed by atoms with van der Waals surface area (Å²) in [5, 5.41) is 14.8. The molecule has 2 aromatic carbocycles. The molecular weight excluding hydrogens is 474 g/mol. The van der Waals surface area contributed by atoms with Crippen LogP contribution in [0.3, 0.4) is 0 Å². The van der Waals surface area contributed by atoms with Gasteiger partial charge in [0.1, 0.15) is 5.75 Å². The molecule has 4 rings (SSSR count). The summed E-state index contributed by atoms with van der Waals surface area (Å²) in [6.45, 7) is 5.09. The molecule has 2 N–H and O–H groups in total. The van der Waals surface area contributed by atoms with Crippen molar-refractivity contribution in [3.8, 4) is 5.75 Å². The first-order valence-corrected chi connectivity index (χ1v) is 12.8. The van der Waals surface area contributed by atoms with Gasteiger partial charge < -0.3 is 19.8 Å². The summed E-state index contributed by atoms with van der Waals surface area (Å²) in [5.74, 6) is -2.73. The Morgan fingerprint density at radius 2 is 1.37 bits per heavy atom. The van der Waals surface area contributed by atoms with Crippen molar-refractivity contribution < 1.29 is 33.0 Å². The maximum absolute atomic E-state index is 12.8. The lowest BCUT2D eigenvalue weighted by molar-refractivity contribution is -0.159. The van der Waals surface area contributed by atoms with Crippen molar-refractivity contribution in [2.75, 3.05) is 51.3 Å². The van der Waals surface area contributed by atoms with E-state index in [4.69, 9.17) is 24.5 Å². The van der Waals surface area contributed by atoms with Gasteiger partial charge in [-0.15, -0.1) is 0 Å². The molecule has 2 heterocycles. The van der Waals surface area contributed by atoms with Crippen LogP contribution in [0.25, 0.3) is 0 Å². The van der Waals surface area contributed by atoms with Crippen LogP contribution in [0.4, 0.5) is 5.69 Å². The molecule has 0 spiro atoms. The number of methoxy groups -OCH3 is 1. The van der Waals surface area contributed by atoms with Crippen LogP contribution in [0.2, 0.25) is 0 Å². The molecule has 0 atom stereocenters. The normalized spacial score (nSPS) is 17.8. The highest BCUT2D eigenvalue weighted by molar-refractivity contribution is 7.89. The Morgan fingerprint density at radius 3 is 1.91 bits per heavy atom. The van der Waals surface area contributed by atoms with Crippen molar-refractivity contribution in [3.63, 3.8) is 0 Å². The predicted molar refractivity (Wildman–Crippen MR) is 130 cm³/mol. The van der Waals surface area contributed by atoms with Crippen LogP contribution in [-0.2, 0) is 19.6 Å². The standard InChI is InChI=1S/C22H29N3O3S.C2H2O4/c1-28-22-10-6-5-9-21(22)24-17-15-23(16-18-24)19-11-13-25(14-12-19)29(26,27)20-7-3-2-4-8-20;3-1(4)2(5)6/h2-10,19H,11-18H2,1H3;(H,3,4)(H,5,6). The van der Waals surface area contributed by atoms with E-state index < -0.39 is 22.0 Å². The number of benzene rings is 2. The van der Waals surface area contributed by atoms with E-state index >= 15 is 0 Å². The number of carboxylic acid groups (broad SMARTS) is 2. The molecule has 0 radical (unpaired) electrons. The number of rotatable bonds is 5. The summed E-state index contributed by atoms with van der Waals surface area (Å²) in [6, 6.07) is 17.4. The fourth-order valence-corrected chi connectivity index (χ4v) is 5.90. The molecule has 0 bridgehead atoms. The van der Waals surface area contributed by atoms with Gasteiger partial charge in [0.2, 0.25) is 10.0 Å². The number of carboxylic acids is 2. The van der Waals surface area contributed by atoms with Crippen molar-refractivity contribution in [2.45, 2.75) is 23.8 Å². The monoisotopic (exact) mass is 505 g/mol. The van der Waals surface area contributed by atoms with Gasteiger partial charge in [0, 0.05) is 45.3 Å². The van der Waals surface area contributed by atoms with Crippen LogP contribution >= 0.6 is 0 Å². The third-order valence-corrected chi connectivity index (χ3v) is 8.16. The first-order valence-electron chi connectivity index (χ1n) is 11.4. The molecule has 0 aromatic heterocycles. The summed E-state index contributed by atoms with van der Waals surface area (Å²) in [6.07, 6.45) is 1.78. The number of carbonyl (C=O) groups is 2.